The number of phenolic OH excluding ortho intramolecular Hbond substituents is 1. The van der Waals surface area contributed by atoms with Gasteiger partial charge in [0.15, 0.2) is 0 Å². The Bertz CT molecular complexity index is 410. The first-order valence-corrected chi connectivity index (χ1v) is 7.82. The summed E-state index contributed by atoms with van der Waals surface area (Å²) in [5.74, 6) is 1.57. The van der Waals surface area contributed by atoms with Crippen LogP contribution in [0, 0.1) is 0 Å². The smallest absolute Gasteiger partial charge is 0.123 e. The van der Waals surface area contributed by atoms with Crippen LogP contribution in [-0.2, 0) is 0 Å². The topological polar surface area (TPSA) is 29.5 Å². The molecule has 0 fully saturated rings. The molecule has 1 unspecified atom stereocenters. The highest BCUT2D eigenvalue weighted by Crippen LogP contribution is 2.31. The molecule has 0 aliphatic rings. The number of hydrogen-bond acceptors (Lipinski definition) is 2. The molecule has 0 amide bonds. The van der Waals surface area contributed by atoms with E-state index in [2.05, 4.69) is 32.1 Å². The fourth-order valence-electron chi connectivity index (χ4n) is 2.46. The molecule has 0 radical (unpaired) electrons. The molecule has 1 rings (SSSR count). The quantitative estimate of drug-likeness (QED) is 0.482. The van der Waals surface area contributed by atoms with E-state index in [1.165, 1.54) is 12.0 Å². The normalized spacial score (nSPS) is 12.8. The second kappa shape index (κ2) is 9.46. The standard InChI is InChI=1S/C18H28O2/c1-4-7-8-9-10-11-15(5-2)16-12-17(19)14-18(13-16)20-6-3/h7-8,12-15,19H,4-6,9-11H2,1-3H3. The van der Waals surface area contributed by atoms with Gasteiger partial charge in [-0.3, -0.25) is 0 Å². The highest BCUT2D eigenvalue weighted by molar-refractivity contribution is 5.39. The van der Waals surface area contributed by atoms with Crippen molar-refractivity contribution < 1.29 is 9.84 Å². The Hall–Kier alpha value is -1.44. The molecule has 1 aromatic carbocycles. The number of hydrogen-bond donors (Lipinski definition) is 1. The molecule has 0 saturated heterocycles. The van der Waals surface area contributed by atoms with E-state index in [9.17, 15) is 5.11 Å². The van der Waals surface area contributed by atoms with Gasteiger partial charge in [0.25, 0.3) is 0 Å². The summed E-state index contributed by atoms with van der Waals surface area (Å²) in [4.78, 5) is 0. The zero-order valence-electron chi connectivity index (χ0n) is 13.1. The molecule has 1 atom stereocenters. The molecular weight excluding hydrogens is 248 g/mol. The molecule has 0 bridgehead atoms. The van der Waals surface area contributed by atoms with Gasteiger partial charge >= 0.3 is 0 Å². The van der Waals surface area contributed by atoms with Gasteiger partial charge in [0.2, 0.25) is 0 Å². The van der Waals surface area contributed by atoms with Crippen molar-refractivity contribution >= 4 is 0 Å². The van der Waals surface area contributed by atoms with Crippen LogP contribution < -0.4 is 4.74 Å². The fraction of sp³-hybridized carbons (Fsp3) is 0.556. The maximum Gasteiger partial charge on any atom is 0.123 e. The van der Waals surface area contributed by atoms with Gasteiger partial charge in [-0.15, -0.1) is 0 Å². The van der Waals surface area contributed by atoms with Crippen molar-refractivity contribution in [3.8, 4) is 11.5 Å². The Balaban J connectivity index is 2.66. The second-order valence-corrected chi connectivity index (χ2v) is 5.11. The Morgan fingerprint density at radius 1 is 1.15 bits per heavy atom. The van der Waals surface area contributed by atoms with E-state index in [1.54, 1.807) is 6.07 Å². The minimum Gasteiger partial charge on any atom is -0.508 e. The summed E-state index contributed by atoms with van der Waals surface area (Å²) in [5, 5.41) is 9.82. The Labute approximate surface area is 123 Å². The first kappa shape index (κ1) is 16.6. The van der Waals surface area contributed by atoms with Crippen LogP contribution in [0.3, 0.4) is 0 Å². The van der Waals surface area contributed by atoms with E-state index in [4.69, 9.17) is 4.74 Å². The van der Waals surface area contributed by atoms with Crippen molar-refractivity contribution in [3.63, 3.8) is 0 Å². The molecule has 2 heteroatoms. The Morgan fingerprint density at radius 2 is 1.95 bits per heavy atom. The zero-order valence-corrected chi connectivity index (χ0v) is 13.1. The lowest BCUT2D eigenvalue weighted by molar-refractivity contribution is 0.336. The van der Waals surface area contributed by atoms with Crippen molar-refractivity contribution in [1.82, 2.24) is 0 Å². The average Bonchev–Trinajstić information content (AvgIpc) is 2.42. The van der Waals surface area contributed by atoms with Crippen LogP contribution in [0.2, 0.25) is 0 Å². The summed E-state index contributed by atoms with van der Waals surface area (Å²) in [6.45, 7) is 6.95. The summed E-state index contributed by atoms with van der Waals surface area (Å²) in [6, 6.07) is 5.63. The number of aromatic hydroxyl groups is 1. The molecule has 1 aromatic rings. The van der Waals surface area contributed by atoms with Crippen LogP contribution in [0.5, 0.6) is 11.5 Å². The van der Waals surface area contributed by atoms with Crippen molar-refractivity contribution in [3.05, 3.63) is 35.9 Å². The number of phenols is 1. The molecular formula is C18H28O2. The van der Waals surface area contributed by atoms with E-state index < -0.39 is 0 Å². The lowest BCUT2D eigenvalue weighted by Crippen LogP contribution is -1.99. The first-order valence-electron chi connectivity index (χ1n) is 7.82. The third-order valence-electron chi connectivity index (χ3n) is 3.51. The lowest BCUT2D eigenvalue weighted by Gasteiger charge is -2.16. The fourth-order valence-corrected chi connectivity index (χ4v) is 2.46. The molecule has 0 aromatic heterocycles. The van der Waals surface area contributed by atoms with Crippen molar-refractivity contribution in [2.75, 3.05) is 6.61 Å². The Morgan fingerprint density at radius 3 is 2.60 bits per heavy atom. The maximum absolute atomic E-state index is 9.82. The van der Waals surface area contributed by atoms with E-state index >= 15 is 0 Å². The van der Waals surface area contributed by atoms with Gasteiger partial charge in [-0.05, 0) is 62.6 Å². The van der Waals surface area contributed by atoms with Gasteiger partial charge in [-0.1, -0.05) is 26.0 Å². The summed E-state index contributed by atoms with van der Waals surface area (Å²) >= 11 is 0. The number of allylic oxidation sites excluding steroid dienone is 2. The maximum atomic E-state index is 9.82. The van der Waals surface area contributed by atoms with Crippen molar-refractivity contribution in [2.24, 2.45) is 0 Å². The second-order valence-electron chi connectivity index (χ2n) is 5.11. The van der Waals surface area contributed by atoms with Gasteiger partial charge in [0.1, 0.15) is 11.5 Å². The van der Waals surface area contributed by atoms with Gasteiger partial charge < -0.3 is 9.84 Å². The van der Waals surface area contributed by atoms with E-state index in [0.29, 0.717) is 18.3 Å². The van der Waals surface area contributed by atoms with Crippen molar-refractivity contribution in [2.45, 2.75) is 58.8 Å². The SMILES string of the molecule is CCC=CCCCC(CC)c1cc(O)cc(OCC)c1. The summed E-state index contributed by atoms with van der Waals surface area (Å²) < 4.78 is 5.51. The van der Waals surface area contributed by atoms with Crippen LogP contribution in [0.1, 0.15) is 64.4 Å². The molecule has 20 heavy (non-hydrogen) atoms. The predicted molar refractivity (Wildman–Crippen MR) is 85.6 cm³/mol. The molecule has 2 nitrogen and oxygen atoms in total. The molecule has 0 aliphatic heterocycles. The van der Waals surface area contributed by atoms with Crippen LogP contribution in [0.25, 0.3) is 0 Å². The van der Waals surface area contributed by atoms with Gasteiger partial charge in [0, 0.05) is 6.07 Å². The summed E-state index contributed by atoms with van der Waals surface area (Å²) in [6.07, 6.45) is 10.2. The summed E-state index contributed by atoms with van der Waals surface area (Å²) in [5.41, 5.74) is 1.19. The van der Waals surface area contributed by atoms with E-state index in [-0.39, 0.29) is 0 Å². The molecule has 0 aliphatic carbocycles. The van der Waals surface area contributed by atoms with E-state index in [1.807, 2.05) is 13.0 Å². The average molecular weight is 276 g/mol. The highest BCUT2D eigenvalue weighted by Gasteiger charge is 2.11. The molecule has 0 saturated carbocycles. The minimum atomic E-state index is 0.301. The number of unbranched alkanes of at least 4 members (excludes halogenated alkanes) is 1. The zero-order chi connectivity index (χ0) is 14.8. The molecule has 112 valence electrons. The minimum absolute atomic E-state index is 0.301. The summed E-state index contributed by atoms with van der Waals surface area (Å²) in [7, 11) is 0. The lowest BCUT2D eigenvalue weighted by atomic mass is 9.91. The molecule has 0 heterocycles. The Kier molecular flexibility index (Phi) is 7.86. The van der Waals surface area contributed by atoms with Gasteiger partial charge in [-0.25, -0.2) is 0 Å². The highest BCUT2D eigenvalue weighted by atomic mass is 16.5. The van der Waals surface area contributed by atoms with E-state index in [0.717, 1.165) is 31.4 Å². The van der Waals surface area contributed by atoms with Gasteiger partial charge in [-0.2, -0.15) is 0 Å². The van der Waals surface area contributed by atoms with Crippen molar-refractivity contribution in [1.29, 1.82) is 0 Å². The largest absolute Gasteiger partial charge is 0.508 e. The van der Waals surface area contributed by atoms with Gasteiger partial charge in [0.05, 0.1) is 6.61 Å². The predicted octanol–water partition coefficient (Wildman–Crippen LogP) is 5.42. The third-order valence-corrected chi connectivity index (χ3v) is 3.51. The third kappa shape index (κ3) is 5.68. The molecule has 1 N–H and O–H groups in total. The number of ether oxygens (including phenoxy) is 1. The number of benzene rings is 1. The first-order chi connectivity index (χ1) is 9.71. The number of rotatable bonds is 9. The van der Waals surface area contributed by atoms with Crippen LogP contribution >= 0.6 is 0 Å². The van der Waals surface area contributed by atoms with Crippen LogP contribution in [0.4, 0.5) is 0 Å². The molecule has 0 spiro atoms. The monoisotopic (exact) mass is 276 g/mol. The van der Waals surface area contributed by atoms with Crippen LogP contribution in [-0.4, -0.2) is 11.7 Å². The van der Waals surface area contributed by atoms with Crippen LogP contribution in [0.15, 0.2) is 30.4 Å².